The van der Waals surface area contributed by atoms with Crippen molar-refractivity contribution in [2.24, 2.45) is 0 Å². The highest BCUT2D eigenvalue weighted by Gasteiger charge is 2.20. The van der Waals surface area contributed by atoms with Gasteiger partial charge in [0, 0.05) is 12.8 Å². The molecule has 76 heavy (non-hydrogen) atoms. The first-order valence-electron chi connectivity index (χ1n) is 34.6. The van der Waals surface area contributed by atoms with Crippen molar-refractivity contribution in [2.45, 2.75) is 398 Å². The maximum Gasteiger partial charge on any atom is 0.305 e. The number of hydrogen-bond donors (Lipinski definition) is 3. The molecule has 0 saturated carbocycles. The van der Waals surface area contributed by atoms with Gasteiger partial charge in [0.15, 0.2) is 0 Å². The number of carbonyl (C=O) groups excluding carboxylic acids is 2. The molecule has 0 rings (SSSR count). The lowest BCUT2D eigenvalue weighted by Crippen LogP contribution is -2.45. The Kier molecular flexibility index (Phi) is 64.4. The highest BCUT2D eigenvalue weighted by atomic mass is 16.5. The van der Waals surface area contributed by atoms with Gasteiger partial charge in [0.1, 0.15) is 0 Å². The Morgan fingerprint density at radius 3 is 1.01 bits per heavy atom. The van der Waals surface area contributed by atoms with Crippen LogP contribution in [0.5, 0.6) is 0 Å². The molecule has 0 aromatic rings. The Morgan fingerprint density at radius 1 is 0.368 bits per heavy atom. The van der Waals surface area contributed by atoms with Crippen LogP contribution in [-0.4, -0.2) is 47.4 Å². The lowest BCUT2D eigenvalue weighted by molar-refractivity contribution is -0.143. The highest BCUT2D eigenvalue weighted by Crippen LogP contribution is 2.19. The standard InChI is InChI=1S/C70H135NO5/c1-3-5-7-9-11-13-15-17-19-36-40-44-48-52-56-60-64-70(75)76-65-61-57-53-49-45-41-37-33-31-29-27-25-23-21-20-22-24-26-28-30-32-35-39-43-47-51-55-59-63-69(74)71-67(66-72)68(73)62-58-54-50-46-42-38-34-18-16-14-12-10-8-6-4-2/h13,15,19,36,67-68,72-73H,3-12,14,16-18,20-35,37-66H2,1-2H3,(H,71,74)/b15-13-,36-19-. The summed E-state index contributed by atoms with van der Waals surface area (Å²) < 4.78 is 5.49. The molecule has 2 unspecified atom stereocenters. The van der Waals surface area contributed by atoms with E-state index in [0.717, 1.165) is 51.4 Å². The van der Waals surface area contributed by atoms with E-state index in [9.17, 15) is 19.8 Å². The van der Waals surface area contributed by atoms with Crippen molar-refractivity contribution in [3.63, 3.8) is 0 Å². The lowest BCUT2D eigenvalue weighted by atomic mass is 10.0. The van der Waals surface area contributed by atoms with Gasteiger partial charge in [0.05, 0.1) is 25.4 Å². The number of ether oxygens (including phenoxy) is 1. The van der Waals surface area contributed by atoms with Gasteiger partial charge >= 0.3 is 5.97 Å². The molecular formula is C70H135NO5. The second kappa shape index (κ2) is 65.9. The van der Waals surface area contributed by atoms with E-state index in [1.165, 1.54) is 302 Å². The molecule has 2 atom stereocenters. The number of allylic oxidation sites excluding steroid dienone is 4. The van der Waals surface area contributed by atoms with Crippen LogP contribution in [0.4, 0.5) is 0 Å². The third-order valence-electron chi connectivity index (χ3n) is 16.3. The number of esters is 1. The second-order valence-corrected chi connectivity index (χ2v) is 23.9. The number of rotatable bonds is 65. The highest BCUT2D eigenvalue weighted by molar-refractivity contribution is 5.76. The Morgan fingerprint density at radius 2 is 0.658 bits per heavy atom. The fourth-order valence-electron chi connectivity index (χ4n) is 11.0. The number of unbranched alkanes of at least 4 members (excludes halogenated alkanes) is 50. The molecule has 0 fully saturated rings. The summed E-state index contributed by atoms with van der Waals surface area (Å²) in [5, 5.41) is 23.3. The van der Waals surface area contributed by atoms with E-state index in [2.05, 4.69) is 43.5 Å². The number of aliphatic hydroxyl groups is 2. The SMILES string of the molecule is CCCCCC/C=C\C/C=C\CCCCCCCC(=O)OCCCCCCCCCCCCCCCCCCCCCCCCCCCCCCC(=O)NC(CO)C(O)CCCCCCCCCCCCCCCCC. The summed E-state index contributed by atoms with van der Waals surface area (Å²) in [5.74, 6) is -0.0232. The molecule has 450 valence electrons. The van der Waals surface area contributed by atoms with Crippen molar-refractivity contribution < 1.29 is 24.5 Å². The summed E-state index contributed by atoms with van der Waals surface area (Å²) in [7, 11) is 0. The fourth-order valence-corrected chi connectivity index (χ4v) is 11.0. The van der Waals surface area contributed by atoms with Gasteiger partial charge in [-0.05, 0) is 57.8 Å². The van der Waals surface area contributed by atoms with Crippen LogP contribution in [0.15, 0.2) is 24.3 Å². The summed E-state index contributed by atoms with van der Waals surface area (Å²) in [6.07, 6.45) is 82.2. The van der Waals surface area contributed by atoms with Crippen LogP contribution < -0.4 is 5.32 Å². The molecular weight excluding hydrogens is 935 g/mol. The van der Waals surface area contributed by atoms with Crippen LogP contribution >= 0.6 is 0 Å². The molecule has 0 aliphatic carbocycles. The molecule has 0 aromatic carbocycles. The molecule has 1 amide bonds. The summed E-state index contributed by atoms with van der Waals surface area (Å²) in [5.41, 5.74) is 0. The Hall–Kier alpha value is -1.66. The van der Waals surface area contributed by atoms with Gasteiger partial charge in [0.2, 0.25) is 5.91 Å². The first-order valence-corrected chi connectivity index (χ1v) is 34.6. The van der Waals surface area contributed by atoms with Gasteiger partial charge in [-0.1, -0.05) is 340 Å². The van der Waals surface area contributed by atoms with E-state index in [1.54, 1.807) is 0 Å². The maximum absolute atomic E-state index is 12.5. The average molecular weight is 1070 g/mol. The van der Waals surface area contributed by atoms with Crippen LogP contribution in [0.25, 0.3) is 0 Å². The molecule has 0 radical (unpaired) electrons. The first-order chi connectivity index (χ1) is 37.5. The van der Waals surface area contributed by atoms with Crippen LogP contribution in [0.2, 0.25) is 0 Å². The predicted octanol–water partition coefficient (Wildman–Crippen LogP) is 22.1. The number of carbonyl (C=O) groups is 2. The second-order valence-electron chi connectivity index (χ2n) is 23.9. The third kappa shape index (κ3) is 61.6. The van der Waals surface area contributed by atoms with Gasteiger partial charge in [0.25, 0.3) is 0 Å². The number of aliphatic hydroxyl groups excluding tert-OH is 2. The van der Waals surface area contributed by atoms with Gasteiger partial charge in [-0.15, -0.1) is 0 Å². The van der Waals surface area contributed by atoms with Crippen LogP contribution in [0.3, 0.4) is 0 Å². The predicted molar refractivity (Wildman–Crippen MR) is 333 cm³/mol. The zero-order valence-corrected chi connectivity index (χ0v) is 51.5. The largest absolute Gasteiger partial charge is 0.466 e. The summed E-state index contributed by atoms with van der Waals surface area (Å²) in [4.78, 5) is 24.6. The molecule has 0 aliphatic rings. The van der Waals surface area contributed by atoms with Crippen molar-refractivity contribution in [2.75, 3.05) is 13.2 Å². The summed E-state index contributed by atoms with van der Waals surface area (Å²) in [6.45, 7) is 4.96. The van der Waals surface area contributed by atoms with Crippen LogP contribution in [0.1, 0.15) is 386 Å². The van der Waals surface area contributed by atoms with Crippen molar-refractivity contribution in [1.29, 1.82) is 0 Å². The molecule has 0 saturated heterocycles. The van der Waals surface area contributed by atoms with Crippen molar-refractivity contribution in [3.05, 3.63) is 24.3 Å². The van der Waals surface area contributed by atoms with E-state index >= 15 is 0 Å². The smallest absolute Gasteiger partial charge is 0.305 e. The Labute approximate surface area is 475 Å². The van der Waals surface area contributed by atoms with Crippen molar-refractivity contribution in [1.82, 2.24) is 5.32 Å². The third-order valence-corrected chi connectivity index (χ3v) is 16.3. The van der Waals surface area contributed by atoms with Gasteiger partial charge < -0.3 is 20.3 Å². The molecule has 0 aromatic heterocycles. The molecule has 6 nitrogen and oxygen atoms in total. The van der Waals surface area contributed by atoms with Crippen LogP contribution in [0, 0.1) is 0 Å². The zero-order valence-electron chi connectivity index (χ0n) is 51.5. The van der Waals surface area contributed by atoms with Crippen molar-refractivity contribution in [3.8, 4) is 0 Å². The number of nitrogens with one attached hydrogen (secondary N) is 1. The first kappa shape index (κ1) is 74.3. The van der Waals surface area contributed by atoms with E-state index in [1.807, 2.05) is 0 Å². The molecule has 0 spiro atoms. The van der Waals surface area contributed by atoms with E-state index < -0.39 is 12.1 Å². The molecule has 3 N–H and O–H groups in total. The molecule has 0 heterocycles. The van der Waals surface area contributed by atoms with Gasteiger partial charge in [-0.2, -0.15) is 0 Å². The van der Waals surface area contributed by atoms with Gasteiger partial charge in [-0.25, -0.2) is 0 Å². The quantitative estimate of drug-likeness (QED) is 0.0320. The van der Waals surface area contributed by atoms with E-state index in [-0.39, 0.29) is 18.5 Å². The minimum absolute atomic E-state index is 0.00592. The van der Waals surface area contributed by atoms with E-state index in [0.29, 0.717) is 25.9 Å². The monoisotopic (exact) mass is 1070 g/mol. The lowest BCUT2D eigenvalue weighted by Gasteiger charge is -2.22. The van der Waals surface area contributed by atoms with Crippen molar-refractivity contribution >= 4 is 11.9 Å². The topological polar surface area (TPSA) is 95.9 Å². The van der Waals surface area contributed by atoms with E-state index in [4.69, 9.17) is 4.74 Å². The molecule has 6 heteroatoms. The summed E-state index contributed by atoms with van der Waals surface area (Å²) in [6, 6.07) is -0.538. The maximum atomic E-state index is 12.5. The summed E-state index contributed by atoms with van der Waals surface area (Å²) >= 11 is 0. The molecule has 0 bridgehead atoms. The number of amides is 1. The number of hydrogen-bond acceptors (Lipinski definition) is 5. The normalized spacial score (nSPS) is 12.6. The minimum Gasteiger partial charge on any atom is -0.466 e. The van der Waals surface area contributed by atoms with Crippen LogP contribution in [-0.2, 0) is 14.3 Å². The molecule has 0 aliphatic heterocycles. The Bertz CT molecular complexity index is 1190. The fraction of sp³-hybridized carbons (Fsp3) is 0.914. The zero-order chi connectivity index (χ0) is 55.0. The Balaban J connectivity index is 3.34. The van der Waals surface area contributed by atoms with Gasteiger partial charge in [-0.3, -0.25) is 9.59 Å². The average Bonchev–Trinajstić information content (AvgIpc) is 3.42. The minimum atomic E-state index is -0.662.